The van der Waals surface area contributed by atoms with E-state index in [9.17, 15) is 14.4 Å². The van der Waals surface area contributed by atoms with Crippen LogP contribution in [-0.2, 0) is 14.4 Å². The number of para-hydroxylation sites is 1. The predicted octanol–water partition coefficient (Wildman–Crippen LogP) is 1.93. The highest BCUT2D eigenvalue weighted by Gasteiger charge is 2.12. The van der Waals surface area contributed by atoms with Crippen LogP contribution in [0, 0.1) is 5.92 Å². The minimum absolute atomic E-state index is 0.221. The number of carbonyl (C=O) groups is 3. The van der Waals surface area contributed by atoms with Gasteiger partial charge in [-0.1, -0.05) is 26.0 Å². The number of hydrogen-bond acceptors (Lipinski definition) is 6. The van der Waals surface area contributed by atoms with Gasteiger partial charge >= 0.3 is 11.8 Å². The van der Waals surface area contributed by atoms with Crippen molar-refractivity contribution in [3.05, 3.63) is 54.1 Å². The maximum absolute atomic E-state index is 12.1. The van der Waals surface area contributed by atoms with Crippen molar-refractivity contribution in [1.29, 1.82) is 0 Å². The SMILES string of the molecule is COc1ccc(NC(=O)COc2ccccc2/C=N\NC(=O)C(=O)NCC(C)C)cc1. The summed E-state index contributed by atoms with van der Waals surface area (Å²) in [4.78, 5) is 35.5. The van der Waals surface area contributed by atoms with Crippen LogP contribution < -0.4 is 25.5 Å². The van der Waals surface area contributed by atoms with Gasteiger partial charge in [0.05, 0.1) is 13.3 Å². The summed E-state index contributed by atoms with van der Waals surface area (Å²) in [6.07, 6.45) is 1.34. The summed E-state index contributed by atoms with van der Waals surface area (Å²) in [5.74, 6) is -0.653. The molecule has 9 nitrogen and oxygen atoms in total. The molecule has 164 valence electrons. The summed E-state index contributed by atoms with van der Waals surface area (Å²) >= 11 is 0. The first-order valence-electron chi connectivity index (χ1n) is 9.66. The molecule has 0 fully saturated rings. The van der Waals surface area contributed by atoms with E-state index in [4.69, 9.17) is 9.47 Å². The first kappa shape index (κ1) is 23.4. The van der Waals surface area contributed by atoms with Gasteiger partial charge in [0.15, 0.2) is 6.61 Å². The van der Waals surface area contributed by atoms with Crippen LogP contribution in [0.15, 0.2) is 53.6 Å². The van der Waals surface area contributed by atoms with Gasteiger partial charge in [-0.2, -0.15) is 5.10 Å². The molecular formula is C22H26N4O5. The largest absolute Gasteiger partial charge is 0.497 e. The first-order chi connectivity index (χ1) is 14.9. The number of hydrazone groups is 1. The van der Waals surface area contributed by atoms with Gasteiger partial charge in [-0.15, -0.1) is 0 Å². The van der Waals surface area contributed by atoms with Gasteiger partial charge in [-0.05, 0) is 42.3 Å². The monoisotopic (exact) mass is 426 g/mol. The van der Waals surface area contributed by atoms with Crippen LogP contribution in [-0.4, -0.2) is 44.2 Å². The number of methoxy groups -OCH3 is 1. The number of carbonyl (C=O) groups excluding carboxylic acids is 3. The fourth-order valence-corrected chi connectivity index (χ4v) is 2.32. The number of ether oxygens (including phenoxy) is 2. The molecule has 0 radical (unpaired) electrons. The van der Waals surface area contributed by atoms with E-state index in [1.165, 1.54) is 6.21 Å². The Bertz CT molecular complexity index is 926. The second-order valence-corrected chi connectivity index (χ2v) is 6.91. The highest BCUT2D eigenvalue weighted by Crippen LogP contribution is 2.17. The minimum atomic E-state index is -0.867. The molecule has 3 N–H and O–H groups in total. The summed E-state index contributed by atoms with van der Waals surface area (Å²) < 4.78 is 10.6. The van der Waals surface area contributed by atoms with E-state index in [1.807, 2.05) is 13.8 Å². The van der Waals surface area contributed by atoms with E-state index >= 15 is 0 Å². The van der Waals surface area contributed by atoms with Crippen LogP contribution in [0.1, 0.15) is 19.4 Å². The zero-order valence-electron chi connectivity index (χ0n) is 17.7. The number of amides is 3. The van der Waals surface area contributed by atoms with Crippen molar-refractivity contribution in [1.82, 2.24) is 10.7 Å². The molecule has 0 aromatic heterocycles. The lowest BCUT2D eigenvalue weighted by atomic mass is 10.2. The quantitative estimate of drug-likeness (QED) is 0.322. The third-order valence-electron chi connectivity index (χ3n) is 3.90. The average molecular weight is 426 g/mol. The second-order valence-electron chi connectivity index (χ2n) is 6.91. The van der Waals surface area contributed by atoms with Crippen LogP contribution in [0.25, 0.3) is 0 Å². The fourth-order valence-electron chi connectivity index (χ4n) is 2.32. The van der Waals surface area contributed by atoms with E-state index in [1.54, 1.807) is 55.6 Å². The molecule has 0 aliphatic heterocycles. The molecule has 0 spiro atoms. The van der Waals surface area contributed by atoms with E-state index in [0.29, 0.717) is 29.3 Å². The van der Waals surface area contributed by atoms with E-state index in [0.717, 1.165) is 0 Å². The summed E-state index contributed by atoms with van der Waals surface area (Å²) in [5, 5.41) is 9.00. The lowest BCUT2D eigenvalue weighted by Crippen LogP contribution is -2.39. The van der Waals surface area contributed by atoms with Gasteiger partial charge in [0.1, 0.15) is 11.5 Å². The highest BCUT2D eigenvalue weighted by molar-refractivity contribution is 6.35. The van der Waals surface area contributed by atoms with Gasteiger partial charge in [0.2, 0.25) is 0 Å². The summed E-state index contributed by atoms with van der Waals surface area (Å²) in [6, 6.07) is 13.8. The Balaban J connectivity index is 1.88. The first-order valence-corrected chi connectivity index (χ1v) is 9.66. The van der Waals surface area contributed by atoms with Gasteiger partial charge in [-0.25, -0.2) is 5.43 Å². The molecule has 0 atom stereocenters. The topological polar surface area (TPSA) is 118 Å². The molecule has 2 rings (SSSR count). The third-order valence-corrected chi connectivity index (χ3v) is 3.90. The summed E-state index contributed by atoms with van der Waals surface area (Å²) in [5.41, 5.74) is 3.31. The molecule has 0 aliphatic rings. The van der Waals surface area contributed by atoms with Crippen molar-refractivity contribution in [2.75, 3.05) is 25.6 Å². The predicted molar refractivity (Wildman–Crippen MR) is 117 cm³/mol. The van der Waals surface area contributed by atoms with Crippen molar-refractivity contribution < 1.29 is 23.9 Å². The Morgan fingerprint density at radius 3 is 2.42 bits per heavy atom. The Hall–Kier alpha value is -3.88. The summed E-state index contributed by atoms with van der Waals surface area (Å²) in [7, 11) is 1.56. The molecule has 2 aromatic rings. The molecule has 0 saturated heterocycles. The molecule has 3 amide bonds. The molecule has 0 aliphatic carbocycles. The number of rotatable bonds is 9. The van der Waals surface area contributed by atoms with E-state index in [-0.39, 0.29) is 18.4 Å². The molecule has 31 heavy (non-hydrogen) atoms. The van der Waals surface area contributed by atoms with Gasteiger partial charge < -0.3 is 20.1 Å². The number of anilines is 1. The Kier molecular flexibility index (Phi) is 9.03. The maximum Gasteiger partial charge on any atom is 0.329 e. The average Bonchev–Trinajstić information content (AvgIpc) is 2.77. The van der Waals surface area contributed by atoms with Crippen molar-refractivity contribution >= 4 is 29.6 Å². The van der Waals surface area contributed by atoms with E-state index < -0.39 is 11.8 Å². The lowest BCUT2D eigenvalue weighted by molar-refractivity contribution is -0.139. The molecule has 0 unspecified atom stereocenters. The number of hydrogen-bond donors (Lipinski definition) is 3. The highest BCUT2D eigenvalue weighted by atomic mass is 16.5. The Morgan fingerprint density at radius 1 is 1.03 bits per heavy atom. The maximum atomic E-state index is 12.1. The standard InChI is InChI=1S/C22H26N4O5/c1-15(2)12-23-21(28)22(29)26-24-13-16-6-4-5-7-19(16)31-14-20(27)25-17-8-10-18(30-3)11-9-17/h4-11,13,15H,12,14H2,1-3H3,(H,23,28)(H,25,27)(H,26,29)/b24-13-. The molecule has 0 bridgehead atoms. The number of nitrogens with zero attached hydrogens (tertiary/aromatic N) is 1. The molecule has 9 heteroatoms. The van der Waals surface area contributed by atoms with Crippen LogP contribution in [0.5, 0.6) is 11.5 Å². The normalized spacial score (nSPS) is 10.6. The van der Waals surface area contributed by atoms with Crippen molar-refractivity contribution in [3.8, 4) is 11.5 Å². The Morgan fingerprint density at radius 2 is 1.74 bits per heavy atom. The second kappa shape index (κ2) is 12.0. The van der Waals surface area contributed by atoms with E-state index in [2.05, 4.69) is 21.2 Å². The van der Waals surface area contributed by atoms with Gasteiger partial charge in [0.25, 0.3) is 5.91 Å². The van der Waals surface area contributed by atoms with Crippen LogP contribution in [0.4, 0.5) is 5.69 Å². The minimum Gasteiger partial charge on any atom is -0.497 e. The van der Waals surface area contributed by atoms with Crippen molar-refractivity contribution in [2.45, 2.75) is 13.8 Å². The van der Waals surface area contributed by atoms with Crippen LogP contribution in [0.3, 0.4) is 0 Å². The van der Waals surface area contributed by atoms with Crippen LogP contribution in [0.2, 0.25) is 0 Å². The summed E-state index contributed by atoms with van der Waals surface area (Å²) in [6.45, 7) is 4.02. The Labute approximate surface area is 180 Å². The van der Waals surface area contributed by atoms with Gasteiger partial charge in [-0.3, -0.25) is 14.4 Å². The molecular weight excluding hydrogens is 400 g/mol. The molecule has 2 aromatic carbocycles. The fraction of sp³-hybridized carbons (Fsp3) is 0.273. The smallest absolute Gasteiger partial charge is 0.329 e. The number of benzene rings is 2. The number of nitrogens with one attached hydrogen (secondary N) is 3. The van der Waals surface area contributed by atoms with Crippen LogP contribution >= 0.6 is 0 Å². The van der Waals surface area contributed by atoms with Crippen molar-refractivity contribution in [3.63, 3.8) is 0 Å². The molecule has 0 heterocycles. The molecule has 0 saturated carbocycles. The zero-order chi connectivity index (χ0) is 22.6. The zero-order valence-corrected chi connectivity index (χ0v) is 17.7. The van der Waals surface area contributed by atoms with Gasteiger partial charge in [0, 0.05) is 17.8 Å². The lowest BCUT2D eigenvalue weighted by Gasteiger charge is -2.10. The third kappa shape index (κ3) is 8.17. The van der Waals surface area contributed by atoms with Crippen molar-refractivity contribution in [2.24, 2.45) is 11.0 Å².